The SMILES string of the molecule is C=CCn1c(COc2ccccc2F)nnc1SC(C)C(=O)Nc1ccccc1C(C)=O. The van der Waals surface area contributed by atoms with Gasteiger partial charge in [-0.2, -0.15) is 0 Å². The zero-order valence-corrected chi connectivity index (χ0v) is 18.6. The lowest BCUT2D eigenvalue weighted by Gasteiger charge is -2.14. The number of halogens is 1. The second-order valence-corrected chi connectivity index (χ2v) is 8.18. The lowest BCUT2D eigenvalue weighted by atomic mass is 10.1. The van der Waals surface area contributed by atoms with Gasteiger partial charge in [0.15, 0.2) is 28.3 Å². The molecule has 0 spiro atoms. The first-order valence-electron chi connectivity index (χ1n) is 9.88. The van der Waals surface area contributed by atoms with Crippen molar-refractivity contribution in [2.24, 2.45) is 0 Å². The van der Waals surface area contributed by atoms with E-state index < -0.39 is 11.1 Å². The Morgan fingerprint density at radius 2 is 1.94 bits per heavy atom. The molecule has 0 saturated carbocycles. The Morgan fingerprint density at radius 3 is 2.66 bits per heavy atom. The fourth-order valence-corrected chi connectivity index (χ4v) is 3.75. The smallest absolute Gasteiger partial charge is 0.237 e. The molecule has 1 aromatic heterocycles. The van der Waals surface area contributed by atoms with Gasteiger partial charge in [0.05, 0.1) is 10.9 Å². The van der Waals surface area contributed by atoms with E-state index in [9.17, 15) is 14.0 Å². The van der Waals surface area contributed by atoms with E-state index in [0.717, 1.165) is 0 Å². The number of Topliss-reactive ketones (excluding diaryl/α,β-unsaturated/α-hetero) is 1. The first-order valence-corrected chi connectivity index (χ1v) is 10.8. The van der Waals surface area contributed by atoms with Crippen LogP contribution in [0.1, 0.15) is 30.0 Å². The molecule has 7 nitrogen and oxygen atoms in total. The molecule has 0 aliphatic heterocycles. The summed E-state index contributed by atoms with van der Waals surface area (Å²) in [5, 5.41) is 11.1. The Kier molecular flexibility index (Phi) is 7.77. The fraction of sp³-hybridized carbons (Fsp3) is 0.217. The molecular weight excluding hydrogens is 431 g/mol. The van der Waals surface area contributed by atoms with E-state index in [1.807, 2.05) is 0 Å². The maximum atomic E-state index is 13.8. The quantitative estimate of drug-likeness (QED) is 0.276. The van der Waals surface area contributed by atoms with Gasteiger partial charge in [-0.1, -0.05) is 42.1 Å². The lowest BCUT2D eigenvalue weighted by Crippen LogP contribution is -2.24. The Morgan fingerprint density at radius 1 is 1.22 bits per heavy atom. The van der Waals surface area contributed by atoms with Crippen molar-refractivity contribution < 1.29 is 18.7 Å². The number of amides is 1. The number of hydrogen-bond donors (Lipinski definition) is 1. The summed E-state index contributed by atoms with van der Waals surface area (Å²) in [6.07, 6.45) is 1.67. The number of hydrogen-bond acceptors (Lipinski definition) is 6. The van der Waals surface area contributed by atoms with E-state index in [1.165, 1.54) is 30.8 Å². The van der Waals surface area contributed by atoms with Crippen molar-refractivity contribution in [1.29, 1.82) is 0 Å². The van der Waals surface area contributed by atoms with Crippen LogP contribution < -0.4 is 10.1 Å². The number of benzene rings is 2. The molecule has 0 bridgehead atoms. The van der Waals surface area contributed by atoms with Crippen LogP contribution >= 0.6 is 11.8 Å². The summed E-state index contributed by atoms with van der Waals surface area (Å²) < 4.78 is 21.1. The third-order valence-corrected chi connectivity index (χ3v) is 5.59. The molecule has 1 amide bonds. The average Bonchev–Trinajstić information content (AvgIpc) is 3.14. The monoisotopic (exact) mass is 454 g/mol. The van der Waals surface area contributed by atoms with E-state index in [0.29, 0.717) is 28.8 Å². The Bertz CT molecular complexity index is 1130. The molecule has 0 saturated heterocycles. The Labute approximate surface area is 189 Å². The number of allylic oxidation sites excluding steroid dienone is 1. The largest absolute Gasteiger partial charge is 0.483 e. The summed E-state index contributed by atoms with van der Waals surface area (Å²) in [5.74, 6) is -0.280. The molecule has 3 rings (SSSR count). The zero-order valence-electron chi connectivity index (χ0n) is 17.7. The number of ether oxygens (including phenoxy) is 1. The molecule has 0 radical (unpaired) electrons. The molecule has 166 valence electrons. The van der Waals surface area contributed by atoms with Gasteiger partial charge in [0.25, 0.3) is 0 Å². The molecule has 0 fully saturated rings. The number of para-hydroxylation sites is 2. The minimum Gasteiger partial charge on any atom is -0.483 e. The summed E-state index contributed by atoms with van der Waals surface area (Å²) >= 11 is 1.21. The van der Waals surface area contributed by atoms with Gasteiger partial charge in [0.2, 0.25) is 5.91 Å². The van der Waals surface area contributed by atoms with Gasteiger partial charge in [0, 0.05) is 12.1 Å². The van der Waals surface area contributed by atoms with E-state index in [1.54, 1.807) is 54.0 Å². The number of nitrogens with zero attached hydrogens (tertiary/aromatic N) is 3. The first-order chi connectivity index (χ1) is 15.4. The molecule has 32 heavy (non-hydrogen) atoms. The molecule has 9 heteroatoms. The van der Waals surface area contributed by atoms with Crippen molar-refractivity contribution in [1.82, 2.24) is 14.8 Å². The highest BCUT2D eigenvalue weighted by Crippen LogP contribution is 2.25. The van der Waals surface area contributed by atoms with Gasteiger partial charge < -0.3 is 10.1 Å². The molecular formula is C23H23FN4O3S. The minimum absolute atomic E-state index is 0.00883. The number of carbonyl (C=O) groups is 2. The normalized spacial score (nSPS) is 11.6. The van der Waals surface area contributed by atoms with Gasteiger partial charge in [-0.05, 0) is 38.1 Å². The number of nitrogens with one attached hydrogen (secondary N) is 1. The second-order valence-electron chi connectivity index (χ2n) is 6.87. The predicted octanol–water partition coefficient (Wildman–Crippen LogP) is 4.50. The highest BCUT2D eigenvalue weighted by Gasteiger charge is 2.21. The number of rotatable bonds is 10. The van der Waals surface area contributed by atoms with E-state index in [4.69, 9.17) is 4.74 Å². The Hall–Kier alpha value is -3.46. The maximum Gasteiger partial charge on any atom is 0.237 e. The molecule has 1 heterocycles. The molecule has 2 aromatic carbocycles. The van der Waals surface area contributed by atoms with Crippen molar-refractivity contribution in [3.8, 4) is 5.75 Å². The van der Waals surface area contributed by atoms with Gasteiger partial charge in [-0.25, -0.2) is 4.39 Å². The van der Waals surface area contributed by atoms with Crippen molar-refractivity contribution in [3.05, 3.63) is 78.4 Å². The lowest BCUT2D eigenvalue weighted by molar-refractivity contribution is -0.115. The summed E-state index contributed by atoms with van der Waals surface area (Å²) in [7, 11) is 0. The number of ketones is 1. The minimum atomic E-state index is -0.525. The standard InChI is InChI=1S/C23H23FN4O3S/c1-4-13-28-21(14-31-20-12-8-6-10-18(20)24)26-27-23(28)32-16(3)22(30)25-19-11-7-5-9-17(19)15(2)29/h4-12,16H,1,13-14H2,2-3H3,(H,25,30). The highest BCUT2D eigenvalue weighted by molar-refractivity contribution is 8.00. The summed E-state index contributed by atoms with van der Waals surface area (Å²) in [6, 6.07) is 13.0. The van der Waals surface area contributed by atoms with Crippen LogP contribution in [0.25, 0.3) is 0 Å². The molecule has 1 atom stereocenters. The van der Waals surface area contributed by atoms with Crippen LogP contribution in [0.2, 0.25) is 0 Å². The third-order valence-electron chi connectivity index (χ3n) is 4.51. The number of thioether (sulfide) groups is 1. The molecule has 1 unspecified atom stereocenters. The van der Waals surface area contributed by atoms with Crippen molar-refractivity contribution in [2.75, 3.05) is 5.32 Å². The predicted molar refractivity (Wildman–Crippen MR) is 121 cm³/mol. The maximum absolute atomic E-state index is 13.8. The van der Waals surface area contributed by atoms with Crippen LogP contribution in [0, 0.1) is 5.82 Å². The van der Waals surface area contributed by atoms with Gasteiger partial charge in [-0.15, -0.1) is 16.8 Å². The van der Waals surface area contributed by atoms with Crippen molar-refractivity contribution in [2.45, 2.75) is 37.4 Å². The topological polar surface area (TPSA) is 86.1 Å². The van der Waals surface area contributed by atoms with Crippen LogP contribution in [0.4, 0.5) is 10.1 Å². The average molecular weight is 455 g/mol. The molecule has 3 aromatic rings. The van der Waals surface area contributed by atoms with Gasteiger partial charge in [-0.3, -0.25) is 14.2 Å². The van der Waals surface area contributed by atoms with Crippen molar-refractivity contribution in [3.63, 3.8) is 0 Å². The highest BCUT2D eigenvalue weighted by atomic mass is 32.2. The van der Waals surface area contributed by atoms with Gasteiger partial charge in [0.1, 0.15) is 6.61 Å². The van der Waals surface area contributed by atoms with Crippen LogP contribution in [0.15, 0.2) is 66.3 Å². The van der Waals surface area contributed by atoms with Crippen LogP contribution in [0.3, 0.4) is 0 Å². The Balaban J connectivity index is 1.71. The number of carbonyl (C=O) groups excluding carboxylic acids is 2. The van der Waals surface area contributed by atoms with Crippen LogP contribution in [-0.2, 0) is 17.9 Å². The molecule has 0 aliphatic carbocycles. The van der Waals surface area contributed by atoms with E-state index in [2.05, 4.69) is 22.1 Å². The number of aromatic nitrogens is 3. The fourth-order valence-electron chi connectivity index (χ4n) is 2.87. The number of anilines is 1. The summed E-state index contributed by atoms with van der Waals surface area (Å²) in [5.41, 5.74) is 0.907. The molecule has 1 N–H and O–H groups in total. The molecule has 0 aliphatic rings. The van der Waals surface area contributed by atoms with Crippen LogP contribution in [0.5, 0.6) is 5.75 Å². The van der Waals surface area contributed by atoms with Crippen molar-refractivity contribution >= 4 is 29.1 Å². The van der Waals surface area contributed by atoms with Gasteiger partial charge >= 0.3 is 0 Å². The zero-order chi connectivity index (χ0) is 23.1. The summed E-state index contributed by atoms with van der Waals surface area (Å²) in [6.45, 7) is 7.34. The second kappa shape index (κ2) is 10.7. The van der Waals surface area contributed by atoms with Crippen LogP contribution in [-0.4, -0.2) is 31.7 Å². The van der Waals surface area contributed by atoms with E-state index in [-0.39, 0.29) is 24.0 Å². The first kappa shape index (κ1) is 23.2. The summed E-state index contributed by atoms with van der Waals surface area (Å²) in [4.78, 5) is 24.5. The van der Waals surface area contributed by atoms with E-state index >= 15 is 0 Å². The third kappa shape index (κ3) is 5.61.